The lowest BCUT2D eigenvalue weighted by Crippen LogP contribution is -2.03. The van der Waals surface area contributed by atoms with Crippen LogP contribution in [0.25, 0.3) is 11.0 Å². The Hall–Kier alpha value is -2.54. The fourth-order valence-electron chi connectivity index (χ4n) is 2.16. The first-order valence-electron chi connectivity index (χ1n) is 6.90. The summed E-state index contributed by atoms with van der Waals surface area (Å²) < 4.78 is 16.1. The first-order valence-corrected chi connectivity index (χ1v) is 7.28. The highest BCUT2D eigenvalue weighted by Gasteiger charge is 2.17. The van der Waals surface area contributed by atoms with Crippen LogP contribution >= 0.6 is 11.6 Å². The molecule has 1 N–H and O–H groups in total. The van der Waals surface area contributed by atoms with Gasteiger partial charge in [0.25, 0.3) is 0 Å². The number of aromatic nitrogens is 2. The zero-order chi connectivity index (χ0) is 16.4. The number of benzene rings is 1. The number of carboxylic acids is 1. The van der Waals surface area contributed by atoms with E-state index in [1.54, 1.807) is 19.1 Å². The van der Waals surface area contributed by atoms with Crippen molar-refractivity contribution >= 4 is 28.5 Å². The van der Waals surface area contributed by atoms with Gasteiger partial charge in [0.1, 0.15) is 12.0 Å². The number of carboxylic acid groups (broad SMARTS) is 1. The maximum atomic E-state index is 10.7. The van der Waals surface area contributed by atoms with E-state index in [0.29, 0.717) is 33.3 Å². The minimum Gasteiger partial charge on any atom is -0.481 e. The van der Waals surface area contributed by atoms with Crippen LogP contribution in [-0.2, 0) is 11.2 Å². The number of halogens is 1. The van der Waals surface area contributed by atoms with Gasteiger partial charge in [0.15, 0.2) is 11.7 Å². The molecule has 0 unspecified atom stereocenters. The largest absolute Gasteiger partial charge is 0.481 e. The van der Waals surface area contributed by atoms with Crippen LogP contribution < -0.4 is 4.74 Å². The summed E-state index contributed by atoms with van der Waals surface area (Å²) in [5.41, 5.74) is 1.03. The summed E-state index contributed by atoms with van der Waals surface area (Å²) in [5.74, 6) is -0.0568. The molecular formula is C15H13ClN2O5. The summed E-state index contributed by atoms with van der Waals surface area (Å²) >= 11 is 6.24. The Morgan fingerprint density at radius 1 is 1.48 bits per heavy atom. The number of hydrogen-bond donors (Lipinski definition) is 1. The average molecular weight is 337 g/mol. The SMILES string of the molecule is C[C@H](Oc1cc2onc(CCC(=O)O)c2cc1Cl)c1ncco1. The molecule has 8 heteroatoms. The Kier molecular flexibility index (Phi) is 4.20. The number of aryl methyl sites for hydroxylation is 1. The van der Waals surface area contributed by atoms with Crippen molar-refractivity contribution in [2.24, 2.45) is 0 Å². The standard InChI is InChI=1S/C15H13ClN2O5/c1-8(15-17-4-5-21-15)22-13-7-12-9(6-10(13)16)11(18-23-12)2-3-14(19)20/h4-8H,2-3H2,1H3,(H,19,20)/t8-/m0/s1. The molecule has 0 saturated carbocycles. The number of ether oxygens (including phenoxy) is 1. The summed E-state index contributed by atoms with van der Waals surface area (Å²) in [6.07, 6.45) is 2.81. The molecule has 0 fully saturated rings. The van der Waals surface area contributed by atoms with Crippen molar-refractivity contribution in [2.45, 2.75) is 25.9 Å². The van der Waals surface area contributed by atoms with Gasteiger partial charge in [0.05, 0.1) is 23.3 Å². The van der Waals surface area contributed by atoms with Crippen LogP contribution in [-0.4, -0.2) is 21.2 Å². The van der Waals surface area contributed by atoms with E-state index >= 15 is 0 Å². The third-order valence-electron chi connectivity index (χ3n) is 3.28. The Balaban J connectivity index is 1.85. The monoisotopic (exact) mass is 336 g/mol. The number of oxazole rings is 1. The van der Waals surface area contributed by atoms with Crippen LogP contribution in [0.4, 0.5) is 0 Å². The summed E-state index contributed by atoms with van der Waals surface area (Å²) in [4.78, 5) is 14.7. The second-order valence-electron chi connectivity index (χ2n) is 4.93. The Morgan fingerprint density at radius 2 is 2.30 bits per heavy atom. The molecule has 0 amide bonds. The molecule has 0 aliphatic heterocycles. The highest BCUT2D eigenvalue weighted by atomic mass is 35.5. The molecule has 0 radical (unpaired) electrons. The zero-order valence-corrected chi connectivity index (χ0v) is 12.9. The van der Waals surface area contributed by atoms with Gasteiger partial charge in [-0.3, -0.25) is 4.79 Å². The van der Waals surface area contributed by atoms with Crippen molar-refractivity contribution in [3.63, 3.8) is 0 Å². The molecule has 120 valence electrons. The molecule has 0 aliphatic carbocycles. The van der Waals surface area contributed by atoms with Gasteiger partial charge >= 0.3 is 5.97 Å². The fraction of sp³-hybridized carbons (Fsp3) is 0.267. The lowest BCUT2D eigenvalue weighted by molar-refractivity contribution is -0.136. The quantitative estimate of drug-likeness (QED) is 0.733. The normalized spacial score (nSPS) is 12.4. The Labute approximate surface area is 135 Å². The molecule has 23 heavy (non-hydrogen) atoms. The van der Waals surface area contributed by atoms with Gasteiger partial charge in [-0.15, -0.1) is 0 Å². The summed E-state index contributed by atoms with van der Waals surface area (Å²) in [5, 5.41) is 13.7. The molecule has 1 aromatic carbocycles. The van der Waals surface area contributed by atoms with Crippen molar-refractivity contribution in [1.82, 2.24) is 10.1 Å². The summed E-state index contributed by atoms with van der Waals surface area (Å²) in [6, 6.07) is 3.27. The number of rotatable bonds is 6. The van der Waals surface area contributed by atoms with Gasteiger partial charge in [-0.1, -0.05) is 16.8 Å². The molecule has 3 rings (SSSR count). The van der Waals surface area contributed by atoms with Crippen LogP contribution in [0.2, 0.25) is 5.02 Å². The predicted octanol–water partition coefficient (Wildman–Crippen LogP) is 3.63. The molecule has 0 aliphatic rings. The second kappa shape index (κ2) is 6.29. The molecule has 2 aromatic heterocycles. The van der Waals surface area contributed by atoms with Crippen molar-refractivity contribution in [3.8, 4) is 5.75 Å². The van der Waals surface area contributed by atoms with E-state index in [1.165, 1.54) is 12.5 Å². The first-order chi connectivity index (χ1) is 11.0. The molecule has 0 saturated heterocycles. The van der Waals surface area contributed by atoms with Gasteiger partial charge in [0.2, 0.25) is 5.89 Å². The van der Waals surface area contributed by atoms with E-state index in [-0.39, 0.29) is 12.8 Å². The van der Waals surface area contributed by atoms with Crippen LogP contribution in [0.15, 0.2) is 33.5 Å². The molecule has 2 heterocycles. The van der Waals surface area contributed by atoms with Crippen molar-refractivity contribution in [2.75, 3.05) is 0 Å². The third-order valence-corrected chi connectivity index (χ3v) is 3.57. The van der Waals surface area contributed by atoms with Gasteiger partial charge in [0, 0.05) is 17.9 Å². The number of fused-ring (bicyclic) bond motifs is 1. The van der Waals surface area contributed by atoms with Gasteiger partial charge in [-0.25, -0.2) is 4.98 Å². The topological polar surface area (TPSA) is 98.6 Å². The van der Waals surface area contributed by atoms with E-state index < -0.39 is 12.1 Å². The minimum absolute atomic E-state index is 0.0291. The first kappa shape index (κ1) is 15.4. The molecule has 1 atom stereocenters. The Bertz CT molecular complexity index is 828. The van der Waals surface area contributed by atoms with Crippen LogP contribution in [0.5, 0.6) is 5.75 Å². The number of nitrogens with zero attached hydrogens (tertiary/aromatic N) is 2. The smallest absolute Gasteiger partial charge is 0.303 e. The van der Waals surface area contributed by atoms with Crippen LogP contribution in [0, 0.1) is 0 Å². The van der Waals surface area contributed by atoms with Crippen molar-refractivity contribution in [3.05, 3.63) is 41.2 Å². The zero-order valence-electron chi connectivity index (χ0n) is 12.2. The summed E-state index contributed by atoms with van der Waals surface area (Å²) in [6.45, 7) is 1.78. The maximum absolute atomic E-state index is 10.7. The van der Waals surface area contributed by atoms with Crippen molar-refractivity contribution in [1.29, 1.82) is 0 Å². The van der Waals surface area contributed by atoms with E-state index in [4.69, 9.17) is 30.4 Å². The minimum atomic E-state index is -0.896. The highest BCUT2D eigenvalue weighted by molar-refractivity contribution is 6.32. The van der Waals surface area contributed by atoms with Crippen molar-refractivity contribution < 1.29 is 23.6 Å². The highest BCUT2D eigenvalue weighted by Crippen LogP contribution is 2.34. The number of aliphatic carboxylic acids is 1. The predicted molar refractivity (Wildman–Crippen MR) is 80.5 cm³/mol. The maximum Gasteiger partial charge on any atom is 0.303 e. The number of carbonyl (C=O) groups is 1. The lowest BCUT2D eigenvalue weighted by Gasteiger charge is -2.12. The van der Waals surface area contributed by atoms with Gasteiger partial charge < -0.3 is 18.8 Å². The summed E-state index contributed by atoms with van der Waals surface area (Å²) in [7, 11) is 0. The molecule has 0 spiro atoms. The Morgan fingerprint density at radius 3 is 3.00 bits per heavy atom. The lowest BCUT2D eigenvalue weighted by atomic mass is 10.1. The van der Waals surface area contributed by atoms with E-state index in [1.807, 2.05) is 0 Å². The van der Waals surface area contributed by atoms with E-state index in [9.17, 15) is 4.79 Å². The fourth-order valence-corrected chi connectivity index (χ4v) is 2.37. The van der Waals surface area contributed by atoms with Gasteiger partial charge in [-0.2, -0.15) is 0 Å². The average Bonchev–Trinajstić information content (AvgIpc) is 3.15. The molecule has 3 aromatic rings. The molecular weight excluding hydrogens is 324 g/mol. The van der Waals surface area contributed by atoms with E-state index in [2.05, 4.69) is 10.1 Å². The molecule has 7 nitrogen and oxygen atoms in total. The van der Waals surface area contributed by atoms with Gasteiger partial charge in [-0.05, 0) is 13.0 Å². The van der Waals surface area contributed by atoms with E-state index in [0.717, 1.165) is 0 Å². The second-order valence-corrected chi connectivity index (χ2v) is 5.34. The molecule has 0 bridgehead atoms. The van der Waals surface area contributed by atoms with Crippen LogP contribution in [0.3, 0.4) is 0 Å². The van der Waals surface area contributed by atoms with Crippen LogP contribution in [0.1, 0.15) is 31.0 Å². The number of hydrogen-bond acceptors (Lipinski definition) is 6. The third kappa shape index (κ3) is 3.29.